The number of benzene rings is 4. The molecule has 0 radical (unpaired) electrons. The predicted octanol–water partition coefficient (Wildman–Crippen LogP) is 4.61. The fourth-order valence-corrected chi connectivity index (χ4v) is 6.42. The van der Waals surface area contributed by atoms with E-state index >= 15 is 0 Å². The monoisotopic (exact) mass is 584 g/mol. The Morgan fingerprint density at radius 3 is 2.00 bits per heavy atom. The van der Waals surface area contributed by atoms with Gasteiger partial charge in [-0.05, 0) is 60.7 Å². The van der Waals surface area contributed by atoms with Gasteiger partial charge < -0.3 is 34.6 Å². The van der Waals surface area contributed by atoms with E-state index in [0.29, 0.717) is 16.5 Å². The highest BCUT2D eigenvalue weighted by Gasteiger charge is 2.40. The maximum atomic E-state index is 13.7. The average molecular weight is 585 g/mol. The molecule has 0 amide bonds. The van der Waals surface area contributed by atoms with Gasteiger partial charge in [0, 0.05) is 24.0 Å². The molecular formula is C33H28O10. The van der Waals surface area contributed by atoms with E-state index in [4.69, 9.17) is 14.2 Å². The number of carbonyl (C=O) groups is 3. The molecule has 2 aliphatic rings. The lowest BCUT2D eigenvalue weighted by atomic mass is 9.78. The van der Waals surface area contributed by atoms with Gasteiger partial charge in [-0.2, -0.15) is 0 Å². The molecule has 6 rings (SSSR count). The Morgan fingerprint density at radius 2 is 1.35 bits per heavy atom. The first kappa shape index (κ1) is 28.0. The fourth-order valence-electron chi connectivity index (χ4n) is 6.42. The molecule has 43 heavy (non-hydrogen) atoms. The minimum Gasteiger partial charge on any atom is -0.507 e. The molecular weight excluding hydrogens is 556 g/mol. The van der Waals surface area contributed by atoms with E-state index in [2.05, 4.69) is 0 Å². The van der Waals surface area contributed by atoms with Crippen LogP contribution in [0.2, 0.25) is 0 Å². The first-order chi connectivity index (χ1) is 20.3. The van der Waals surface area contributed by atoms with Gasteiger partial charge in [0.2, 0.25) is 5.78 Å². The zero-order valence-electron chi connectivity index (χ0n) is 24.0. The SMILES string of the molecule is COc1cc2c(c(O)c1-c1c(OC)cc3cc4c(c(O)c3c1OC)C(=O)CC(C)(O)C4)C(=O)c1c(O)cc(C)cc1C2=O. The summed E-state index contributed by atoms with van der Waals surface area (Å²) in [7, 11) is 4.03. The third kappa shape index (κ3) is 3.94. The zero-order chi connectivity index (χ0) is 31.1. The van der Waals surface area contributed by atoms with Gasteiger partial charge in [-0.15, -0.1) is 0 Å². The van der Waals surface area contributed by atoms with Gasteiger partial charge in [0.05, 0.1) is 60.1 Å². The van der Waals surface area contributed by atoms with Crippen LogP contribution in [0.5, 0.6) is 34.5 Å². The topological polar surface area (TPSA) is 160 Å². The lowest BCUT2D eigenvalue weighted by molar-refractivity contribution is 0.0409. The maximum absolute atomic E-state index is 13.7. The van der Waals surface area contributed by atoms with Gasteiger partial charge >= 0.3 is 0 Å². The molecule has 1 atom stereocenters. The molecule has 0 heterocycles. The molecule has 220 valence electrons. The normalized spacial score (nSPS) is 17.4. The number of methoxy groups -OCH3 is 3. The molecule has 4 N–H and O–H groups in total. The summed E-state index contributed by atoms with van der Waals surface area (Å²) < 4.78 is 17.1. The van der Waals surface area contributed by atoms with Crippen molar-refractivity contribution in [1.29, 1.82) is 0 Å². The van der Waals surface area contributed by atoms with Gasteiger partial charge in [-0.3, -0.25) is 14.4 Å². The quantitative estimate of drug-likeness (QED) is 0.235. The van der Waals surface area contributed by atoms with Crippen LogP contribution in [0.4, 0.5) is 0 Å². The lowest BCUT2D eigenvalue weighted by Crippen LogP contribution is -2.35. The number of ether oxygens (including phenoxy) is 3. The third-order valence-corrected chi connectivity index (χ3v) is 8.16. The van der Waals surface area contributed by atoms with E-state index in [0.717, 1.165) is 0 Å². The number of hydrogen-bond donors (Lipinski definition) is 4. The highest BCUT2D eigenvalue weighted by molar-refractivity contribution is 6.31. The van der Waals surface area contributed by atoms with Crippen molar-refractivity contribution in [3.8, 4) is 45.6 Å². The van der Waals surface area contributed by atoms with E-state index in [9.17, 15) is 34.8 Å². The fraction of sp³-hybridized carbons (Fsp3) is 0.242. The molecule has 4 aromatic carbocycles. The number of ketones is 3. The van der Waals surface area contributed by atoms with Gasteiger partial charge in [0.1, 0.15) is 34.5 Å². The van der Waals surface area contributed by atoms with Gasteiger partial charge in [0.15, 0.2) is 11.6 Å². The summed E-state index contributed by atoms with van der Waals surface area (Å²) in [6, 6.07) is 7.41. The number of rotatable bonds is 4. The van der Waals surface area contributed by atoms with E-state index in [1.165, 1.54) is 39.5 Å². The highest BCUT2D eigenvalue weighted by Crippen LogP contribution is 2.55. The van der Waals surface area contributed by atoms with Crippen LogP contribution in [0.15, 0.2) is 30.3 Å². The highest BCUT2D eigenvalue weighted by atomic mass is 16.5. The van der Waals surface area contributed by atoms with E-state index in [1.54, 1.807) is 26.0 Å². The Bertz CT molecular complexity index is 1950. The first-order valence-electron chi connectivity index (χ1n) is 13.4. The summed E-state index contributed by atoms with van der Waals surface area (Å²) in [6.07, 6.45) is -0.0544. The molecule has 10 nitrogen and oxygen atoms in total. The second-order valence-electron chi connectivity index (χ2n) is 11.2. The number of aromatic hydroxyl groups is 3. The number of phenols is 3. The van der Waals surface area contributed by atoms with Crippen LogP contribution >= 0.6 is 0 Å². The molecule has 0 saturated carbocycles. The minimum atomic E-state index is -1.28. The number of fused-ring (bicyclic) bond motifs is 4. The molecule has 0 aromatic heterocycles. The molecule has 0 saturated heterocycles. The predicted molar refractivity (Wildman–Crippen MR) is 155 cm³/mol. The zero-order valence-corrected chi connectivity index (χ0v) is 24.0. The first-order valence-corrected chi connectivity index (χ1v) is 13.4. The van der Waals surface area contributed by atoms with Crippen LogP contribution in [-0.2, 0) is 6.42 Å². The van der Waals surface area contributed by atoms with Crippen molar-refractivity contribution in [2.75, 3.05) is 21.3 Å². The minimum absolute atomic E-state index is 0.00162. The molecule has 10 heteroatoms. The molecule has 2 aliphatic carbocycles. The summed E-state index contributed by atoms with van der Waals surface area (Å²) in [4.78, 5) is 40.3. The summed E-state index contributed by atoms with van der Waals surface area (Å²) in [5, 5.41) is 45.0. The van der Waals surface area contributed by atoms with Crippen LogP contribution in [0, 0.1) is 6.92 Å². The van der Waals surface area contributed by atoms with Crippen LogP contribution in [-0.4, -0.2) is 64.7 Å². The van der Waals surface area contributed by atoms with E-state index in [1.807, 2.05) is 0 Å². The van der Waals surface area contributed by atoms with Crippen LogP contribution in [0.25, 0.3) is 21.9 Å². The Hall–Kier alpha value is -5.09. The Kier molecular flexibility index (Phi) is 6.17. The number of aryl methyl sites for hydroxylation is 1. The van der Waals surface area contributed by atoms with Crippen LogP contribution in [0.1, 0.15) is 66.7 Å². The van der Waals surface area contributed by atoms with E-state index in [-0.39, 0.29) is 80.2 Å². The van der Waals surface area contributed by atoms with Crippen molar-refractivity contribution in [3.05, 3.63) is 69.3 Å². The standard InChI is InChI=1S/C33H28O10/c1-13-6-16-24(18(34)7-13)30(38)25-17(28(16)36)10-21(42-4)26(31(25)39)27-20(41-3)9-14-8-15-11-33(2,40)12-19(35)22(15)29(37)23(14)32(27)43-5/h6-10,34,37,39-40H,11-12H2,1-5H3. The van der Waals surface area contributed by atoms with Crippen LogP contribution in [0.3, 0.4) is 0 Å². The van der Waals surface area contributed by atoms with Crippen LogP contribution < -0.4 is 14.2 Å². The number of carbonyl (C=O) groups excluding carboxylic acids is 3. The van der Waals surface area contributed by atoms with Gasteiger partial charge in [-0.25, -0.2) is 0 Å². The Morgan fingerprint density at radius 1 is 0.698 bits per heavy atom. The number of hydrogen-bond acceptors (Lipinski definition) is 10. The number of Topliss-reactive ketones (excluding diaryl/α,β-unsaturated/α-hetero) is 1. The van der Waals surface area contributed by atoms with Gasteiger partial charge in [0.25, 0.3) is 0 Å². The molecule has 0 bridgehead atoms. The molecule has 0 aliphatic heterocycles. The van der Waals surface area contributed by atoms with Crippen molar-refractivity contribution in [1.82, 2.24) is 0 Å². The van der Waals surface area contributed by atoms with E-state index < -0.39 is 34.4 Å². The molecule has 0 spiro atoms. The summed E-state index contributed by atoms with van der Waals surface area (Å²) >= 11 is 0. The number of aliphatic hydroxyl groups is 1. The summed E-state index contributed by atoms with van der Waals surface area (Å²) in [5.74, 6) is -3.03. The summed E-state index contributed by atoms with van der Waals surface area (Å²) in [6.45, 7) is 3.23. The smallest absolute Gasteiger partial charge is 0.201 e. The van der Waals surface area contributed by atoms with Gasteiger partial charge in [-0.1, -0.05) is 0 Å². The average Bonchev–Trinajstić information content (AvgIpc) is 2.93. The Balaban J connectivity index is 1.70. The van der Waals surface area contributed by atoms with Crippen molar-refractivity contribution < 1.29 is 49.0 Å². The third-order valence-electron chi connectivity index (χ3n) is 8.16. The van der Waals surface area contributed by atoms with Crippen molar-refractivity contribution >= 4 is 28.1 Å². The number of phenolic OH excluding ortho intramolecular Hbond substituents is 3. The van der Waals surface area contributed by atoms with Crippen molar-refractivity contribution in [2.24, 2.45) is 0 Å². The molecule has 1 unspecified atom stereocenters. The second kappa shape index (κ2) is 9.47. The maximum Gasteiger partial charge on any atom is 0.201 e. The molecule has 0 fully saturated rings. The van der Waals surface area contributed by atoms with Crippen molar-refractivity contribution in [3.63, 3.8) is 0 Å². The molecule has 4 aromatic rings. The lowest BCUT2D eigenvalue weighted by Gasteiger charge is -2.30. The summed E-state index contributed by atoms with van der Waals surface area (Å²) in [5.41, 5.74) is -0.877. The second-order valence-corrected chi connectivity index (χ2v) is 11.2. The largest absolute Gasteiger partial charge is 0.507 e. The Labute approximate surface area is 245 Å². The van der Waals surface area contributed by atoms with Crippen molar-refractivity contribution in [2.45, 2.75) is 32.3 Å².